The van der Waals surface area contributed by atoms with Crippen LogP contribution in [0.5, 0.6) is 0 Å². The van der Waals surface area contributed by atoms with Crippen molar-refractivity contribution in [2.24, 2.45) is 0 Å². The fourth-order valence-electron chi connectivity index (χ4n) is 1.82. The van der Waals surface area contributed by atoms with Crippen LogP contribution in [0.15, 0.2) is 29.2 Å². The molecule has 1 rings (SSSR count). The zero-order valence-corrected chi connectivity index (χ0v) is 14.6. The van der Waals surface area contributed by atoms with Crippen molar-refractivity contribution in [3.63, 3.8) is 0 Å². The van der Waals surface area contributed by atoms with E-state index in [9.17, 15) is 9.59 Å². The van der Waals surface area contributed by atoms with E-state index in [4.69, 9.17) is 4.74 Å². The van der Waals surface area contributed by atoms with Gasteiger partial charge in [0.15, 0.2) is 5.78 Å². The molecule has 0 aliphatic carbocycles. The Morgan fingerprint density at radius 3 is 2.32 bits per heavy atom. The molecule has 22 heavy (non-hydrogen) atoms. The van der Waals surface area contributed by atoms with Crippen LogP contribution < -0.4 is 5.32 Å². The summed E-state index contributed by atoms with van der Waals surface area (Å²) >= 11 is 1.65. The van der Waals surface area contributed by atoms with Crippen molar-refractivity contribution in [1.82, 2.24) is 5.32 Å². The number of nitrogens with one attached hydrogen (secondary N) is 1. The molecule has 0 aliphatic heterocycles. The van der Waals surface area contributed by atoms with Gasteiger partial charge in [0.2, 0.25) is 0 Å². The van der Waals surface area contributed by atoms with Crippen LogP contribution in [0.2, 0.25) is 0 Å². The van der Waals surface area contributed by atoms with E-state index in [1.54, 1.807) is 11.8 Å². The van der Waals surface area contributed by atoms with Gasteiger partial charge in [-0.15, -0.1) is 11.8 Å². The molecule has 4 nitrogen and oxygen atoms in total. The van der Waals surface area contributed by atoms with Crippen LogP contribution in [0.1, 0.15) is 50.4 Å². The maximum atomic E-state index is 12.0. The van der Waals surface area contributed by atoms with Gasteiger partial charge in [0.25, 0.3) is 0 Å². The standard InChI is InChI=1S/C17H25NO3S/c1-17(2,3)18-16(20)21-12-6-5-7-15(19)13-8-10-14(22-4)11-9-13/h8-11H,5-7,12H2,1-4H3,(H,18,20). The number of thioether (sulfide) groups is 1. The number of hydrogen-bond acceptors (Lipinski definition) is 4. The maximum absolute atomic E-state index is 12.0. The fraction of sp³-hybridized carbons (Fsp3) is 0.529. The molecule has 0 radical (unpaired) electrons. The van der Waals surface area contributed by atoms with Gasteiger partial charge in [0, 0.05) is 22.4 Å². The van der Waals surface area contributed by atoms with Crippen LogP contribution in [0.3, 0.4) is 0 Å². The molecule has 1 aromatic carbocycles. The van der Waals surface area contributed by atoms with E-state index in [2.05, 4.69) is 5.32 Å². The fourth-order valence-corrected chi connectivity index (χ4v) is 2.22. The SMILES string of the molecule is CSc1ccc(C(=O)CCCCOC(=O)NC(C)(C)C)cc1. The average molecular weight is 323 g/mol. The van der Waals surface area contributed by atoms with Crippen LogP contribution in [0, 0.1) is 0 Å². The predicted octanol–water partition coefficient (Wildman–Crippen LogP) is 4.29. The van der Waals surface area contributed by atoms with Gasteiger partial charge >= 0.3 is 6.09 Å². The Morgan fingerprint density at radius 2 is 1.77 bits per heavy atom. The minimum absolute atomic E-state index is 0.131. The second-order valence-electron chi connectivity index (χ2n) is 6.12. The number of amides is 1. The third kappa shape index (κ3) is 7.50. The van der Waals surface area contributed by atoms with E-state index < -0.39 is 6.09 Å². The molecule has 1 N–H and O–H groups in total. The Bertz CT molecular complexity index is 492. The van der Waals surface area contributed by atoms with E-state index in [0.717, 1.165) is 10.5 Å². The Hall–Kier alpha value is -1.49. The van der Waals surface area contributed by atoms with Gasteiger partial charge in [0.05, 0.1) is 6.61 Å². The van der Waals surface area contributed by atoms with Crippen LogP contribution >= 0.6 is 11.8 Å². The highest BCUT2D eigenvalue weighted by Crippen LogP contribution is 2.16. The molecule has 0 aliphatic rings. The van der Waals surface area contributed by atoms with Crippen molar-refractivity contribution >= 4 is 23.6 Å². The molecule has 1 amide bonds. The number of ether oxygens (including phenoxy) is 1. The highest BCUT2D eigenvalue weighted by Gasteiger charge is 2.14. The average Bonchev–Trinajstić information content (AvgIpc) is 2.45. The molecule has 0 atom stereocenters. The first kappa shape index (κ1) is 18.6. The molecular formula is C17H25NO3S. The van der Waals surface area contributed by atoms with Crippen LogP contribution in [-0.2, 0) is 4.74 Å². The van der Waals surface area contributed by atoms with Crippen molar-refractivity contribution < 1.29 is 14.3 Å². The van der Waals surface area contributed by atoms with E-state index in [1.165, 1.54) is 0 Å². The number of ketones is 1. The second kappa shape index (κ2) is 8.83. The Morgan fingerprint density at radius 1 is 1.14 bits per heavy atom. The number of carbonyl (C=O) groups is 2. The summed E-state index contributed by atoms with van der Waals surface area (Å²) in [6, 6.07) is 7.64. The first-order valence-electron chi connectivity index (χ1n) is 7.44. The Kier molecular flexibility index (Phi) is 7.45. The second-order valence-corrected chi connectivity index (χ2v) is 7.00. The zero-order valence-electron chi connectivity index (χ0n) is 13.8. The number of Topliss-reactive ketones (excluding diaryl/α,β-unsaturated/α-hetero) is 1. The lowest BCUT2D eigenvalue weighted by atomic mass is 10.1. The molecular weight excluding hydrogens is 298 g/mol. The van der Waals surface area contributed by atoms with Gasteiger partial charge in [-0.05, 0) is 52.0 Å². The third-order valence-electron chi connectivity index (χ3n) is 2.92. The van der Waals surface area contributed by atoms with E-state index >= 15 is 0 Å². The molecule has 0 unspecified atom stereocenters. The van der Waals surface area contributed by atoms with E-state index in [1.807, 2.05) is 51.3 Å². The summed E-state index contributed by atoms with van der Waals surface area (Å²) in [5.41, 5.74) is 0.444. The summed E-state index contributed by atoms with van der Waals surface area (Å²) in [5.74, 6) is 0.131. The smallest absolute Gasteiger partial charge is 0.407 e. The van der Waals surface area contributed by atoms with Crippen molar-refractivity contribution in [3.05, 3.63) is 29.8 Å². The molecule has 0 bridgehead atoms. The summed E-state index contributed by atoms with van der Waals surface area (Å²) in [4.78, 5) is 24.6. The lowest BCUT2D eigenvalue weighted by Gasteiger charge is -2.19. The van der Waals surface area contributed by atoms with Gasteiger partial charge in [-0.25, -0.2) is 4.79 Å². The Balaban J connectivity index is 2.21. The maximum Gasteiger partial charge on any atom is 0.407 e. The van der Waals surface area contributed by atoms with Crippen molar-refractivity contribution in [3.8, 4) is 0 Å². The van der Waals surface area contributed by atoms with E-state index in [0.29, 0.717) is 25.9 Å². The topological polar surface area (TPSA) is 55.4 Å². The van der Waals surface area contributed by atoms with Crippen LogP contribution in [0.4, 0.5) is 4.79 Å². The monoisotopic (exact) mass is 323 g/mol. The number of rotatable bonds is 7. The molecule has 1 aromatic rings. The summed E-state index contributed by atoms with van der Waals surface area (Å²) in [6.45, 7) is 6.03. The number of unbranched alkanes of at least 4 members (excludes halogenated alkanes) is 1. The highest BCUT2D eigenvalue weighted by atomic mass is 32.2. The lowest BCUT2D eigenvalue weighted by molar-refractivity contribution is 0.0975. The zero-order chi connectivity index (χ0) is 16.6. The molecule has 0 fully saturated rings. The molecule has 122 valence electrons. The first-order chi connectivity index (χ1) is 10.3. The molecule has 0 saturated carbocycles. The summed E-state index contributed by atoms with van der Waals surface area (Å²) < 4.78 is 5.07. The van der Waals surface area contributed by atoms with Crippen LogP contribution in [0.25, 0.3) is 0 Å². The Labute approximate surface area is 137 Å². The van der Waals surface area contributed by atoms with Gasteiger partial charge in [-0.3, -0.25) is 4.79 Å². The van der Waals surface area contributed by atoms with Gasteiger partial charge in [-0.2, -0.15) is 0 Å². The number of benzene rings is 1. The third-order valence-corrected chi connectivity index (χ3v) is 3.66. The van der Waals surface area contributed by atoms with Gasteiger partial charge < -0.3 is 10.1 Å². The molecule has 0 heterocycles. The van der Waals surface area contributed by atoms with E-state index in [-0.39, 0.29) is 11.3 Å². The first-order valence-corrected chi connectivity index (χ1v) is 8.66. The molecule has 0 spiro atoms. The summed E-state index contributed by atoms with van der Waals surface area (Å²) in [5, 5.41) is 2.73. The summed E-state index contributed by atoms with van der Waals surface area (Å²) in [6.07, 6.45) is 3.47. The lowest BCUT2D eigenvalue weighted by Crippen LogP contribution is -2.41. The summed E-state index contributed by atoms with van der Waals surface area (Å²) in [7, 11) is 0. The molecule has 5 heteroatoms. The molecule has 0 aromatic heterocycles. The quantitative estimate of drug-likeness (QED) is 0.462. The number of hydrogen-bond donors (Lipinski definition) is 1. The minimum atomic E-state index is -0.411. The van der Waals surface area contributed by atoms with Gasteiger partial charge in [-0.1, -0.05) is 12.1 Å². The number of alkyl carbamates (subject to hydrolysis) is 1. The largest absolute Gasteiger partial charge is 0.450 e. The number of carbonyl (C=O) groups excluding carboxylic acids is 2. The van der Waals surface area contributed by atoms with Crippen molar-refractivity contribution in [2.75, 3.05) is 12.9 Å². The van der Waals surface area contributed by atoms with Crippen molar-refractivity contribution in [1.29, 1.82) is 0 Å². The minimum Gasteiger partial charge on any atom is -0.450 e. The molecule has 0 saturated heterocycles. The van der Waals surface area contributed by atoms with Crippen molar-refractivity contribution in [2.45, 2.75) is 50.5 Å². The van der Waals surface area contributed by atoms with Gasteiger partial charge in [0.1, 0.15) is 0 Å². The normalized spacial score (nSPS) is 11.1. The highest BCUT2D eigenvalue weighted by molar-refractivity contribution is 7.98. The predicted molar refractivity (Wildman–Crippen MR) is 90.6 cm³/mol. The van der Waals surface area contributed by atoms with Crippen LogP contribution in [-0.4, -0.2) is 30.3 Å².